The molecule has 0 unspecified atom stereocenters. The number of rotatable bonds is 1. The van der Waals surface area contributed by atoms with Crippen LogP contribution in [0.15, 0.2) is 0 Å². The summed E-state index contributed by atoms with van der Waals surface area (Å²) < 4.78 is 44.8. The number of hydrogen-bond acceptors (Lipinski definition) is 2. The molecule has 1 aliphatic heterocycles. The average Bonchev–Trinajstić information content (AvgIpc) is 2.57. The van der Waals surface area contributed by atoms with E-state index in [-0.39, 0.29) is 17.4 Å². The monoisotopic (exact) mass is 421 g/mol. The van der Waals surface area contributed by atoms with Gasteiger partial charge in [-0.15, -0.1) is 0 Å². The third kappa shape index (κ3) is 46.4. The summed E-state index contributed by atoms with van der Waals surface area (Å²) in [6.07, 6.45) is 0. The van der Waals surface area contributed by atoms with Crippen LogP contribution < -0.4 is 0 Å². The summed E-state index contributed by atoms with van der Waals surface area (Å²) in [4.78, 5) is 2.27. The molecular weight excluding hydrogens is 410 g/mol. The van der Waals surface area contributed by atoms with Crippen LogP contribution in [-0.2, 0) is 45.4 Å². The van der Waals surface area contributed by atoms with Gasteiger partial charge in [0.05, 0.1) is 0 Å². The third-order valence-electron chi connectivity index (χ3n) is 1.19. The molecule has 1 rings (SSSR count). The molecule has 1 fully saturated rings. The molecule has 0 spiro atoms. The molecule has 102 valence electrons. The first-order valence-corrected chi connectivity index (χ1v) is 5.07. The molecule has 0 bridgehead atoms. The molecule has 1 saturated heterocycles. The van der Waals surface area contributed by atoms with E-state index in [0.717, 1.165) is 26.3 Å². The second-order valence-electron chi connectivity index (χ2n) is 1.75. The van der Waals surface area contributed by atoms with E-state index in [1.165, 1.54) is 0 Å². The van der Waals surface area contributed by atoms with Crippen molar-refractivity contribution >= 4 is 26.0 Å². The molecular formula is C10H9CrNO6Te. The summed E-state index contributed by atoms with van der Waals surface area (Å²) in [5.41, 5.74) is 0. The predicted molar refractivity (Wildman–Crippen MR) is 53.9 cm³/mol. The number of nitrogens with zero attached hydrogens (tertiary/aromatic N) is 1. The summed E-state index contributed by atoms with van der Waals surface area (Å²) in [6, 6.07) is 0. The minimum atomic E-state index is 0. The van der Waals surface area contributed by atoms with Crippen molar-refractivity contribution in [3.63, 3.8) is 0 Å². The van der Waals surface area contributed by atoms with Crippen LogP contribution in [0.1, 0.15) is 0 Å². The number of ether oxygens (including phenoxy) is 1. The molecule has 0 aromatic heterocycles. The zero-order valence-electron chi connectivity index (χ0n) is 9.62. The van der Waals surface area contributed by atoms with Gasteiger partial charge in [0.15, 0.2) is 0 Å². The summed E-state index contributed by atoms with van der Waals surface area (Å²) in [7, 11) is 0. The molecule has 1 heterocycles. The standard InChI is InChI=1S/C5H9NOTe.5CO.Cr/c8-5-6-1-3-7-4-2-6;5*1-2;/h5H,1-4H2;;;;;;. The number of morpholine rings is 1. The van der Waals surface area contributed by atoms with Crippen LogP contribution in [0.2, 0.25) is 0 Å². The molecule has 0 aromatic rings. The summed E-state index contributed by atoms with van der Waals surface area (Å²) in [6.45, 7) is 26.4. The van der Waals surface area contributed by atoms with Crippen molar-refractivity contribution in [1.29, 1.82) is 0 Å². The van der Waals surface area contributed by atoms with Gasteiger partial charge in [-0.3, -0.25) is 0 Å². The van der Waals surface area contributed by atoms with Gasteiger partial charge in [0, 0.05) is 17.4 Å². The van der Waals surface area contributed by atoms with Gasteiger partial charge in [0.25, 0.3) is 0 Å². The molecule has 0 saturated carbocycles. The Kier molecular flexibility index (Phi) is 125. The quantitative estimate of drug-likeness (QED) is 0.311. The van der Waals surface area contributed by atoms with Gasteiger partial charge in [-0.05, 0) is 0 Å². The Morgan fingerprint density at radius 3 is 1.21 bits per heavy atom. The number of hydrogen-bond donors (Lipinski definition) is 0. The Labute approximate surface area is 135 Å². The van der Waals surface area contributed by atoms with Crippen LogP contribution in [0.5, 0.6) is 0 Å². The molecule has 9 heteroatoms. The fraction of sp³-hybridized carbons (Fsp3) is 0.400. The zero-order chi connectivity index (χ0) is 15.8. The second kappa shape index (κ2) is 65.4. The van der Waals surface area contributed by atoms with Crippen LogP contribution in [-0.4, -0.2) is 57.2 Å². The molecule has 0 radical (unpaired) electrons. The van der Waals surface area contributed by atoms with Crippen molar-refractivity contribution < 1.29 is 45.4 Å². The van der Waals surface area contributed by atoms with E-state index in [9.17, 15) is 0 Å². The minimum absolute atomic E-state index is 0. The normalized spacial score (nSPS) is 9.26. The van der Waals surface area contributed by atoms with E-state index in [1.807, 2.05) is 21.8 Å². The SMILES string of the molecule is [C-]#[O+].[C-]#[O+].[C-]#[O+].[C-]#[O+].[C-]#[O+].[Cr].[Te]=CN1CCOCC1. The summed E-state index contributed by atoms with van der Waals surface area (Å²) >= 11 is 2.00. The topological polar surface area (TPSA) is 112 Å². The van der Waals surface area contributed by atoms with Crippen LogP contribution in [0.25, 0.3) is 0 Å². The van der Waals surface area contributed by atoms with Gasteiger partial charge in [0.1, 0.15) is 0 Å². The van der Waals surface area contributed by atoms with Crippen molar-refractivity contribution in [2.75, 3.05) is 26.3 Å². The van der Waals surface area contributed by atoms with Crippen LogP contribution in [0.3, 0.4) is 0 Å². The molecule has 7 nitrogen and oxygen atoms in total. The van der Waals surface area contributed by atoms with Crippen LogP contribution >= 0.6 is 0 Å². The van der Waals surface area contributed by atoms with Crippen LogP contribution in [0, 0.1) is 33.3 Å². The van der Waals surface area contributed by atoms with Crippen molar-refractivity contribution in [1.82, 2.24) is 4.90 Å². The molecule has 0 N–H and O–H groups in total. The second-order valence-corrected chi connectivity index (χ2v) is 2.36. The maximum atomic E-state index is 7.50. The fourth-order valence-corrected chi connectivity index (χ4v) is 1.28. The van der Waals surface area contributed by atoms with E-state index in [4.69, 9.17) is 28.0 Å². The van der Waals surface area contributed by atoms with E-state index >= 15 is 0 Å². The Morgan fingerprint density at radius 2 is 1.05 bits per heavy atom. The first kappa shape index (κ1) is 36.3. The van der Waals surface area contributed by atoms with Crippen molar-refractivity contribution in [2.45, 2.75) is 0 Å². The first-order valence-electron chi connectivity index (χ1n) is 3.72. The van der Waals surface area contributed by atoms with Gasteiger partial charge in [-0.25, -0.2) is 0 Å². The van der Waals surface area contributed by atoms with Gasteiger partial charge in [0.2, 0.25) is 0 Å². The van der Waals surface area contributed by atoms with Crippen molar-refractivity contribution in [3.8, 4) is 0 Å². The Balaban J connectivity index is -0.0000000332. The summed E-state index contributed by atoms with van der Waals surface area (Å²) in [5.74, 6) is 0. The maximum absolute atomic E-state index is 7.50. The molecule has 0 aliphatic carbocycles. The molecule has 0 aromatic carbocycles. The fourth-order valence-electron chi connectivity index (χ4n) is 0.683. The molecule has 1 aliphatic rings. The Bertz CT molecular complexity index is 210. The van der Waals surface area contributed by atoms with Crippen LogP contribution in [0.4, 0.5) is 0 Å². The van der Waals surface area contributed by atoms with E-state index < -0.39 is 0 Å². The van der Waals surface area contributed by atoms with Gasteiger partial charge >= 0.3 is 118 Å². The van der Waals surface area contributed by atoms with Gasteiger partial charge in [-0.2, -0.15) is 0 Å². The van der Waals surface area contributed by atoms with E-state index in [1.54, 1.807) is 0 Å². The van der Waals surface area contributed by atoms with Gasteiger partial charge in [-0.1, -0.05) is 0 Å². The molecule has 0 amide bonds. The van der Waals surface area contributed by atoms with E-state index in [2.05, 4.69) is 42.3 Å². The Morgan fingerprint density at radius 1 is 0.789 bits per heavy atom. The molecule has 0 atom stereocenters. The third-order valence-corrected chi connectivity index (χ3v) is 2.05. The Hall–Kier alpha value is -0.348. The van der Waals surface area contributed by atoms with E-state index in [0.29, 0.717) is 0 Å². The molecule has 19 heavy (non-hydrogen) atoms. The first-order chi connectivity index (χ1) is 8.93. The van der Waals surface area contributed by atoms with Gasteiger partial charge < -0.3 is 0 Å². The average molecular weight is 419 g/mol. The van der Waals surface area contributed by atoms with Crippen molar-refractivity contribution in [3.05, 3.63) is 33.3 Å². The predicted octanol–water partition coefficient (Wildman–Crippen LogP) is -0.943. The van der Waals surface area contributed by atoms with Crippen molar-refractivity contribution in [2.24, 2.45) is 0 Å². The zero-order valence-corrected chi connectivity index (χ0v) is 13.2. The summed E-state index contributed by atoms with van der Waals surface area (Å²) in [5, 5.41) is 0.